The average molecular weight is 608 g/mol. The highest BCUT2D eigenvalue weighted by molar-refractivity contribution is 8.03. The van der Waals surface area contributed by atoms with Gasteiger partial charge in [-0.25, -0.2) is 16.8 Å². The van der Waals surface area contributed by atoms with Crippen LogP contribution in [0.4, 0.5) is 5.69 Å². The summed E-state index contributed by atoms with van der Waals surface area (Å²) in [5.41, 5.74) is 1.90. The molecule has 0 atom stereocenters. The van der Waals surface area contributed by atoms with Crippen LogP contribution in [0.5, 0.6) is 0 Å². The van der Waals surface area contributed by atoms with Crippen molar-refractivity contribution in [3.05, 3.63) is 70.5 Å². The second-order valence-corrected chi connectivity index (χ2v) is 13.7. The van der Waals surface area contributed by atoms with Crippen LogP contribution in [0.1, 0.15) is 12.3 Å². The van der Waals surface area contributed by atoms with Crippen molar-refractivity contribution in [3.8, 4) is 0 Å². The van der Waals surface area contributed by atoms with E-state index in [9.17, 15) is 26.2 Å². The Morgan fingerprint density at radius 1 is 1.15 bits per heavy atom. The van der Waals surface area contributed by atoms with E-state index < -0.39 is 31.8 Å². The van der Waals surface area contributed by atoms with Gasteiger partial charge < -0.3 is 13.9 Å². The molecule has 0 spiro atoms. The highest BCUT2D eigenvalue weighted by atomic mass is 35.5. The van der Waals surface area contributed by atoms with Crippen molar-refractivity contribution in [1.82, 2.24) is 4.72 Å². The van der Waals surface area contributed by atoms with Gasteiger partial charge in [-0.2, -0.15) is 4.57 Å². The molecule has 39 heavy (non-hydrogen) atoms. The molecule has 3 aromatic carbocycles. The van der Waals surface area contributed by atoms with Gasteiger partial charge in [-0.15, -0.1) is 0 Å². The Morgan fingerprint density at radius 3 is 2.67 bits per heavy atom. The van der Waals surface area contributed by atoms with Crippen LogP contribution in [0.2, 0.25) is 5.02 Å². The Morgan fingerprint density at radius 2 is 1.92 bits per heavy atom. The highest BCUT2D eigenvalue weighted by Gasteiger charge is 2.31. The molecule has 0 bridgehead atoms. The minimum atomic E-state index is -4.41. The van der Waals surface area contributed by atoms with Gasteiger partial charge in [-0.05, 0) is 35.7 Å². The van der Waals surface area contributed by atoms with Crippen LogP contribution in [0, 0.1) is 0 Å². The molecule has 1 aromatic heterocycles. The molecule has 0 unspecified atom stereocenters. The lowest BCUT2D eigenvalue weighted by atomic mass is 10.1. The van der Waals surface area contributed by atoms with Crippen LogP contribution in [-0.4, -0.2) is 45.8 Å². The minimum absolute atomic E-state index is 0.0635. The van der Waals surface area contributed by atoms with Crippen molar-refractivity contribution in [2.24, 2.45) is 0 Å². The number of anilines is 1. The van der Waals surface area contributed by atoms with Gasteiger partial charge in [0.25, 0.3) is 11.4 Å². The lowest BCUT2D eigenvalue weighted by molar-refractivity contribution is -0.677. The van der Waals surface area contributed by atoms with Crippen LogP contribution in [0.25, 0.3) is 27.9 Å². The second-order valence-electron chi connectivity index (χ2n) is 8.92. The third kappa shape index (κ3) is 6.23. The maximum atomic E-state index is 12.6. The molecule has 1 aliphatic rings. The number of hydrogen-bond acceptors (Lipinski definition) is 9. The van der Waals surface area contributed by atoms with E-state index in [-0.39, 0.29) is 19.5 Å². The van der Waals surface area contributed by atoms with Crippen molar-refractivity contribution >= 4 is 83.0 Å². The fourth-order valence-electron chi connectivity index (χ4n) is 4.44. The molecule has 10 nitrogen and oxygen atoms in total. The lowest BCUT2D eigenvalue weighted by Gasteiger charge is -2.19. The largest absolute Gasteiger partial charge is 0.748 e. The molecular formula is C25H22ClN3O7S3. The van der Waals surface area contributed by atoms with E-state index in [0.717, 1.165) is 27.4 Å². The summed E-state index contributed by atoms with van der Waals surface area (Å²) in [5, 5.41) is 2.83. The number of aromatic nitrogens is 1. The normalized spacial score (nSPS) is 14.8. The summed E-state index contributed by atoms with van der Waals surface area (Å²) in [5.74, 6) is -0.912. The quantitative estimate of drug-likeness (QED) is 0.235. The first-order valence-electron chi connectivity index (χ1n) is 11.6. The van der Waals surface area contributed by atoms with E-state index in [1.165, 1.54) is 11.8 Å². The molecule has 1 amide bonds. The van der Waals surface area contributed by atoms with Gasteiger partial charge in [0.1, 0.15) is 6.54 Å². The number of carbonyl (C=O) groups is 1. The third-order valence-electron chi connectivity index (χ3n) is 5.93. The molecule has 0 saturated heterocycles. The Bertz CT molecular complexity index is 1870. The molecule has 4 aromatic rings. The molecule has 14 heteroatoms. The van der Waals surface area contributed by atoms with Gasteiger partial charge >= 0.3 is 5.89 Å². The molecule has 0 aliphatic carbocycles. The predicted octanol–water partition coefficient (Wildman–Crippen LogP) is 3.45. The second kappa shape index (κ2) is 10.5. The van der Waals surface area contributed by atoms with Gasteiger partial charge in [-0.1, -0.05) is 47.6 Å². The minimum Gasteiger partial charge on any atom is -0.748 e. The van der Waals surface area contributed by atoms with Crippen molar-refractivity contribution in [2.75, 3.05) is 23.5 Å². The zero-order valence-corrected chi connectivity index (χ0v) is 23.7. The fourth-order valence-corrected chi connectivity index (χ4v) is 6.63. The Hall–Kier alpha value is -3.10. The zero-order chi connectivity index (χ0) is 27.9. The number of carbonyl (C=O) groups excluding carboxylic acids is 1. The Kier molecular flexibility index (Phi) is 7.37. The summed E-state index contributed by atoms with van der Waals surface area (Å²) >= 11 is 7.56. The van der Waals surface area contributed by atoms with Crippen molar-refractivity contribution < 1.29 is 35.2 Å². The number of thioether (sulfide) groups is 1. The van der Waals surface area contributed by atoms with Gasteiger partial charge in [0, 0.05) is 22.1 Å². The number of hydrogen-bond donors (Lipinski definition) is 1. The number of rotatable bonds is 8. The number of aryl methyl sites for hydroxylation is 1. The molecule has 204 valence electrons. The smallest absolute Gasteiger partial charge is 0.376 e. The molecular weight excluding hydrogens is 586 g/mol. The number of oxazole rings is 1. The number of halogens is 1. The molecule has 1 aliphatic heterocycles. The number of fused-ring (bicyclic) bond motifs is 4. The van der Waals surface area contributed by atoms with Crippen LogP contribution in [0.15, 0.2) is 68.9 Å². The van der Waals surface area contributed by atoms with Gasteiger partial charge in [0.05, 0.1) is 38.6 Å². The Labute approximate surface area is 234 Å². The van der Waals surface area contributed by atoms with Gasteiger partial charge in [0.15, 0.2) is 6.54 Å². The molecule has 2 heterocycles. The Balaban J connectivity index is 1.63. The van der Waals surface area contributed by atoms with Crippen molar-refractivity contribution in [2.45, 2.75) is 17.9 Å². The first kappa shape index (κ1) is 27.5. The summed E-state index contributed by atoms with van der Waals surface area (Å²) in [4.78, 5) is 15.0. The number of sulfonamides is 1. The van der Waals surface area contributed by atoms with Gasteiger partial charge in [-0.3, -0.25) is 9.52 Å². The molecule has 1 N–H and O–H groups in total. The van der Waals surface area contributed by atoms with Crippen LogP contribution in [0.3, 0.4) is 0 Å². The number of nitrogens with one attached hydrogen (secondary N) is 1. The summed E-state index contributed by atoms with van der Waals surface area (Å²) in [7, 11) is -8.18. The van der Waals surface area contributed by atoms with E-state index >= 15 is 0 Å². The third-order valence-corrected chi connectivity index (χ3v) is 8.67. The van der Waals surface area contributed by atoms with E-state index in [2.05, 4.69) is 0 Å². The maximum absolute atomic E-state index is 12.6. The number of amides is 1. The standard InChI is InChI=1S/C25H22ClN3O7S3/c1-38(31,32)27-22(30)15-29-19-13-17(26)8-10-21(19)37-24(29)14-23-28(11-4-12-39(33,34)35)25-18-6-3-2-5-16(18)7-9-20(25)36-23/h2-3,5-10,13-14H,4,11-12,15H2,1H3,(H-,27,30,33,34,35). The van der Waals surface area contributed by atoms with Gasteiger partial charge in [0.2, 0.25) is 15.6 Å². The monoisotopic (exact) mass is 607 g/mol. The summed E-state index contributed by atoms with van der Waals surface area (Å²) in [6, 6.07) is 16.6. The zero-order valence-electron chi connectivity index (χ0n) is 20.5. The van der Waals surface area contributed by atoms with Crippen molar-refractivity contribution in [1.29, 1.82) is 0 Å². The van der Waals surface area contributed by atoms with E-state index in [1.807, 2.05) is 41.1 Å². The summed E-state index contributed by atoms with van der Waals surface area (Å²) in [6.45, 7) is -0.129. The maximum Gasteiger partial charge on any atom is 0.376 e. The molecule has 0 radical (unpaired) electrons. The SMILES string of the molecule is CS(=O)(=O)NC(=O)CN1C(=Cc2oc3ccc4ccccc4c3[n+]2CCCS(=O)(=O)[O-])Sc2ccc(Cl)cc21. The predicted molar refractivity (Wildman–Crippen MR) is 149 cm³/mol. The lowest BCUT2D eigenvalue weighted by Crippen LogP contribution is -2.39. The van der Waals surface area contributed by atoms with E-state index in [1.54, 1.807) is 33.7 Å². The van der Waals surface area contributed by atoms with E-state index in [0.29, 0.717) is 27.2 Å². The van der Waals surface area contributed by atoms with Crippen molar-refractivity contribution in [3.63, 3.8) is 0 Å². The summed E-state index contributed by atoms with van der Waals surface area (Å²) < 4.78 is 67.1. The molecule has 0 saturated carbocycles. The van der Waals surface area contributed by atoms with Crippen LogP contribution >= 0.6 is 23.4 Å². The van der Waals surface area contributed by atoms with Crippen LogP contribution < -0.4 is 14.2 Å². The molecule has 0 fully saturated rings. The average Bonchev–Trinajstić information content (AvgIpc) is 3.35. The number of benzene rings is 3. The first-order chi connectivity index (χ1) is 18.4. The number of nitrogens with zero attached hydrogens (tertiary/aromatic N) is 2. The summed E-state index contributed by atoms with van der Waals surface area (Å²) in [6.07, 6.45) is 2.66. The highest BCUT2D eigenvalue weighted by Crippen LogP contribution is 2.47. The van der Waals surface area contributed by atoms with Crippen LogP contribution in [-0.2, 0) is 31.5 Å². The van der Waals surface area contributed by atoms with E-state index in [4.69, 9.17) is 16.0 Å². The molecule has 5 rings (SSSR count). The fraction of sp³-hybridized carbons (Fsp3) is 0.200. The topological polar surface area (TPSA) is 141 Å². The first-order valence-corrected chi connectivity index (χ1v) is 16.3.